The van der Waals surface area contributed by atoms with Crippen LogP contribution in [0.15, 0.2) is 35.3 Å². The second kappa shape index (κ2) is 3.28. The highest BCUT2D eigenvalue weighted by molar-refractivity contribution is 5.79. The van der Waals surface area contributed by atoms with Crippen LogP contribution in [0.4, 0.5) is 0 Å². The van der Waals surface area contributed by atoms with Gasteiger partial charge in [-0.2, -0.15) is 0 Å². The number of imidazole rings is 1. The van der Waals surface area contributed by atoms with Gasteiger partial charge in [-0.05, 0) is 19.1 Å². The minimum absolute atomic E-state index is 0.0396. The maximum atomic E-state index is 12.1. The van der Waals surface area contributed by atoms with Gasteiger partial charge in [-0.25, -0.2) is 14.4 Å². The maximum Gasteiger partial charge on any atom is 0.270 e. The summed E-state index contributed by atoms with van der Waals surface area (Å²) in [7, 11) is 0. The van der Waals surface area contributed by atoms with Gasteiger partial charge in [0.1, 0.15) is 5.76 Å². The second-order valence-electron chi connectivity index (χ2n) is 3.80. The quantitative estimate of drug-likeness (QED) is 0.612. The lowest BCUT2D eigenvalue weighted by Crippen LogP contribution is -2.32. The Kier molecular flexibility index (Phi) is 1.89. The van der Waals surface area contributed by atoms with Crippen molar-refractivity contribution in [3.8, 4) is 0 Å². The third-order valence-electron chi connectivity index (χ3n) is 2.68. The van der Waals surface area contributed by atoms with Crippen LogP contribution in [0.3, 0.4) is 0 Å². The van der Waals surface area contributed by atoms with Crippen LogP contribution in [0.5, 0.6) is 0 Å². The smallest absolute Gasteiger partial charge is 0.270 e. The maximum absolute atomic E-state index is 12.1. The molecule has 5 heteroatoms. The molecule has 0 atom stereocenters. The average molecular weight is 227 g/mol. The Morgan fingerprint density at radius 1 is 1.35 bits per heavy atom. The van der Waals surface area contributed by atoms with E-state index in [1.54, 1.807) is 6.07 Å². The monoisotopic (exact) mass is 227 g/mol. The van der Waals surface area contributed by atoms with Crippen molar-refractivity contribution in [2.24, 2.45) is 0 Å². The van der Waals surface area contributed by atoms with Crippen LogP contribution in [0.25, 0.3) is 22.6 Å². The number of rotatable bonds is 0. The summed E-state index contributed by atoms with van der Waals surface area (Å²) >= 11 is 0. The molecule has 0 aliphatic carbocycles. The summed E-state index contributed by atoms with van der Waals surface area (Å²) in [5, 5.41) is 9.61. The highest BCUT2D eigenvalue weighted by Gasteiger charge is 2.08. The third-order valence-corrected chi connectivity index (χ3v) is 2.68. The zero-order valence-corrected chi connectivity index (χ0v) is 9.08. The van der Waals surface area contributed by atoms with Crippen molar-refractivity contribution in [3.63, 3.8) is 0 Å². The van der Waals surface area contributed by atoms with Gasteiger partial charge in [0.2, 0.25) is 5.78 Å². The van der Waals surface area contributed by atoms with E-state index in [2.05, 4.69) is 9.97 Å². The summed E-state index contributed by atoms with van der Waals surface area (Å²) in [6, 6.07) is 7.30. The number of aliphatic hydroxyl groups excluding tert-OH is 1. The third kappa shape index (κ3) is 1.29. The summed E-state index contributed by atoms with van der Waals surface area (Å²) in [4.78, 5) is 20.5. The minimum atomic E-state index is -0.302. The SMILES string of the molecule is CC(O)=c1cnc2nc3ccccc3n2c1=O. The van der Waals surface area contributed by atoms with E-state index < -0.39 is 0 Å². The lowest BCUT2D eigenvalue weighted by Gasteiger charge is -1.94. The van der Waals surface area contributed by atoms with E-state index in [-0.39, 0.29) is 16.5 Å². The average Bonchev–Trinajstić information content (AvgIpc) is 2.67. The molecule has 5 nitrogen and oxygen atoms in total. The standard InChI is InChI=1S/C12H9N3O2/c1-7(16)8-6-13-12-14-9-4-2-3-5-10(9)15(12)11(8)17/h2-6,16H,1H3. The number of nitrogens with zero attached hydrogens (tertiary/aromatic N) is 3. The molecule has 0 spiro atoms. The molecule has 0 unspecified atom stereocenters. The van der Waals surface area contributed by atoms with E-state index in [0.29, 0.717) is 16.8 Å². The van der Waals surface area contributed by atoms with Gasteiger partial charge in [0, 0.05) is 6.20 Å². The first-order chi connectivity index (χ1) is 8.18. The van der Waals surface area contributed by atoms with Crippen molar-refractivity contribution in [3.05, 3.63) is 46.0 Å². The molecule has 84 valence electrons. The molecule has 0 saturated carbocycles. The van der Waals surface area contributed by atoms with Crippen molar-refractivity contribution in [2.45, 2.75) is 6.92 Å². The van der Waals surface area contributed by atoms with Crippen LogP contribution < -0.4 is 10.8 Å². The predicted octanol–water partition coefficient (Wildman–Crippen LogP) is 0.648. The Morgan fingerprint density at radius 2 is 2.12 bits per heavy atom. The highest BCUT2D eigenvalue weighted by atomic mass is 16.3. The Balaban J connectivity index is 2.68. The summed E-state index contributed by atoms with van der Waals surface area (Å²) in [6.07, 6.45) is 1.35. The van der Waals surface area contributed by atoms with Gasteiger partial charge in [-0.1, -0.05) is 12.1 Å². The molecule has 0 saturated heterocycles. The van der Waals surface area contributed by atoms with Crippen LogP contribution in [0, 0.1) is 0 Å². The van der Waals surface area contributed by atoms with E-state index in [9.17, 15) is 9.90 Å². The van der Waals surface area contributed by atoms with Gasteiger partial charge < -0.3 is 5.11 Å². The van der Waals surface area contributed by atoms with E-state index in [0.717, 1.165) is 0 Å². The Hall–Kier alpha value is -2.43. The molecule has 0 aliphatic heterocycles. The number of aliphatic hydroxyl groups is 1. The van der Waals surface area contributed by atoms with E-state index in [1.807, 2.05) is 18.2 Å². The largest absolute Gasteiger partial charge is 0.512 e. The molecule has 3 rings (SSSR count). The first-order valence-electron chi connectivity index (χ1n) is 5.14. The van der Waals surface area contributed by atoms with Crippen molar-refractivity contribution in [1.29, 1.82) is 0 Å². The molecule has 2 aromatic heterocycles. The zero-order valence-electron chi connectivity index (χ0n) is 9.08. The summed E-state index contributed by atoms with van der Waals surface area (Å²) in [5.41, 5.74) is 1.11. The highest BCUT2D eigenvalue weighted by Crippen LogP contribution is 2.11. The van der Waals surface area contributed by atoms with Crippen LogP contribution >= 0.6 is 0 Å². The zero-order chi connectivity index (χ0) is 12.0. The van der Waals surface area contributed by atoms with Gasteiger partial charge in [0.15, 0.2) is 0 Å². The second-order valence-corrected chi connectivity index (χ2v) is 3.80. The van der Waals surface area contributed by atoms with Crippen LogP contribution in [-0.2, 0) is 0 Å². The lowest BCUT2D eigenvalue weighted by atomic mass is 10.3. The van der Waals surface area contributed by atoms with Crippen molar-refractivity contribution in [1.82, 2.24) is 14.4 Å². The molecule has 3 aromatic rings. The Labute approximate surface area is 95.7 Å². The number of aromatic nitrogens is 3. The fraction of sp³-hybridized carbons (Fsp3) is 0.0833. The van der Waals surface area contributed by atoms with Crippen molar-refractivity contribution < 1.29 is 5.11 Å². The molecule has 0 fully saturated rings. The minimum Gasteiger partial charge on any atom is -0.512 e. The molecule has 0 aliphatic rings. The van der Waals surface area contributed by atoms with E-state index in [1.165, 1.54) is 17.5 Å². The van der Waals surface area contributed by atoms with Gasteiger partial charge in [-0.15, -0.1) is 0 Å². The van der Waals surface area contributed by atoms with Gasteiger partial charge in [0.25, 0.3) is 5.56 Å². The number of hydrogen-bond donors (Lipinski definition) is 1. The molecule has 0 radical (unpaired) electrons. The van der Waals surface area contributed by atoms with E-state index >= 15 is 0 Å². The number of fused-ring (bicyclic) bond motifs is 3. The molecule has 1 aromatic carbocycles. The fourth-order valence-electron chi connectivity index (χ4n) is 1.85. The Bertz CT molecular complexity index is 832. The van der Waals surface area contributed by atoms with Crippen LogP contribution in [-0.4, -0.2) is 19.5 Å². The molecule has 1 N–H and O–H groups in total. The molecule has 0 amide bonds. The van der Waals surface area contributed by atoms with Crippen LogP contribution in [0.1, 0.15) is 6.92 Å². The molecule has 17 heavy (non-hydrogen) atoms. The molecule has 0 bridgehead atoms. The summed E-state index contributed by atoms with van der Waals surface area (Å²) < 4.78 is 1.41. The number of para-hydroxylation sites is 2. The van der Waals surface area contributed by atoms with E-state index in [4.69, 9.17) is 0 Å². The van der Waals surface area contributed by atoms with Crippen LogP contribution in [0.2, 0.25) is 0 Å². The Morgan fingerprint density at radius 3 is 2.88 bits per heavy atom. The fourth-order valence-corrected chi connectivity index (χ4v) is 1.85. The predicted molar refractivity (Wildman–Crippen MR) is 63.7 cm³/mol. The van der Waals surface area contributed by atoms with Crippen molar-refractivity contribution in [2.75, 3.05) is 0 Å². The summed E-state index contributed by atoms with van der Waals surface area (Å²) in [5.74, 6) is 0.309. The topological polar surface area (TPSA) is 67.5 Å². The molecular formula is C12H9N3O2. The molecular weight excluding hydrogens is 218 g/mol. The lowest BCUT2D eigenvalue weighted by molar-refractivity contribution is 0.497. The normalized spacial score (nSPS) is 13.2. The van der Waals surface area contributed by atoms with Gasteiger partial charge >= 0.3 is 0 Å². The molecule has 2 heterocycles. The van der Waals surface area contributed by atoms with Crippen molar-refractivity contribution >= 4 is 22.6 Å². The van der Waals surface area contributed by atoms with Gasteiger partial charge in [0.05, 0.1) is 16.3 Å². The number of benzene rings is 1. The summed E-state index contributed by atoms with van der Waals surface area (Å²) in [6.45, 7) is 1.46. The van der Waals surface area contributed by atoms with Gasteiger partial charge in [-0.3, -0.25) is 4.79 Å². The first kappa shape index (κ1) is 9.77. The number of hydrogen-bond acceptors (Lipinski definition) is 4. The first-order valence-corrected chi connectivity index (χ1v) is 5.14.